The zero-order chi connectivity index (χ0) is 17.4. The van der Waals surface area contributed by atoms with Gasteiger partial charge in [0.15, 0.2) is 0 Å². The second kappa shape index (κ2) is 8.84. The first kappa shape index (κ1) is 17.7. The number of amides is 1. The Kier molecular flexibility index (Phi) is 6.51. The molecule has 2 aromatic carbocycles. The van der Waals surface area contributed by atoms with Crippen molar-refractivity contribution in [2.24, 2.45) is 5.73 Å². The van der Waals surface area contributed by atoms with Crippen LogP contribution < -0.4 is 11.1 Å². The summed E-state index contributed by atoms with van der Waals surface area (Å²) in [4.78, 5) is 22.3. The fourth-order valence-electron chi connectivity index (χ4n) is 2.79. The number of nitrogens with two attached hydrogens (primary N) is 1. The molecule has 0 aliphatic carbocycles. The van der Waals surface area contributed by atoms with Crippen LogP contribution in [0, 0.1) is 0 Å². The number of primary amides is 1. The van der Waals surface area contributed by atoms with Crippen molar-refractivity contribution in [3.63, 3.8) is 0 Å². The highest BCUT2D eigenvalue weighted by Crippen LogP contribution is 2.29. The van der Waals surface area contributed by atoms with Crippen LogP contribution in [-0.2, 0) is 9.59 Å². The van der Waals surface area contributed by atoms with Crippen molar-refractivity contribution in [3.8, 4) is 0 Å². The molecule has 0 aliphatic rings. The molecule has 5 nitrogen and oxygen atoms in total. The molecule has 0 aromatic heterocycles. The highest BCUT2D eigenvalue weighted by Gasteiger charge is 2.20. The van der Waals surface area contributed by atoms with E-state index in [0.717, 1.165) is 11.1 Å². The molecule has 0 aliphatic heterocycles. The summed E-state index contributed by atoms with van der Waals surface area (Å²) < 4.78 is 0. The van der Waals surface area contributed by atoms with Crippen molar-refractivity contribution in [2.45, 2.75) is 24.8 Å². The summed E-state index contributed by atoms with van der Waals surface area (Å²) in [6.45, 7) is -0.283. The Balaban J connectivity index is 2.13. The van der Waals surface area contributed by atoms with Crippen LogP contribution in [0.15, 0.2) is 60.7 Å². The topological polar surface area (TPSA) is 92.4 Å². The van der Waals surface area contributed by atoms with E-state index in [2.05, 4.69) is 29.6 Å². The third kappa shape index (κ3) is 5.21. The molecule has 24 heavy (non-hydrogen) atoms. The summed E-state index contributed by atoms with van der Waals surface area (Å²) >= 11 is 0. The fraction of sp³-hybridized carbons (Fsp3) is 0.263. The number of carbonyl (C=O) groups is 2. The molecule has 0 bridgehead atoms. The van der Waals surface area contributed by atoms with E-state index in [9.17, 15) is 9.59 Å². The predicted molar refractivity (Wildman–Crippen MR) is 92.6 cm³/mol. The van der Waals surface area contributed by atoms with Crippen molar-refractivity contribution >= 4 is 11.9 Å². The van der Waals surface area contributed by atoms with Gasteiger partial charge in [-0.2, -0.15) is 0 Å². The first-order valence-electron chi connectivity index (χ1n) is 7.92. The number of carboxylic acids is 1. The van der Waals surface area contributed by atoms with E-state index in [4.69, 9.17) is 10.8 Å². The van der Waals surface area contributed by atoms with Gasteiger partial charge in [-0.25, -0.2) is 0 Å². The van der Waals surface area contributed by atoms with Crippen molar-refractivity contribution in [3.05, 3.63) is 71.8 Å². The zero-order valence-electron chi connectivity index (χ0n) is 13.4. The van der Waals surface area contributed by atoms with E-state index in [1.54, 1.807) is 0 Å². The molecular formula is C19H22N2O3. The average Bonchev–Trinajstić information content (AvgIpc) is 2.59. The molecule has 0 saturated heterocycles. The van der Waals surface area contributed by atoms with Gasteiger partial charge in [0.2, 0.25) is 5.91 Å². The van der Waals surface area contributed by atoms with Crippen LogP contribution in [0.25, 0.3) is 0 Å². The van der Waals surface area contributed by atoms with E-state index in [0.29, 0.717) is 12.8 Å². The van der Waals surface area contributed by atoms with E-state index in [-0.39, 0.29) is 12.5 Å². The standard InChI is InChI=1S/C19H22N2O3/c20-19(24)17(21-13-18(22)23)12-11-16(14-7-3-1-4-8-14)15-9-5-2-6-10-15/h1-10,16-17,21H,11-13H2,(H2,20,24)(H,22,23). The lowest BCUT2D eigenvalue weighted by atomic mass is 9.86. The predicted octanol–water partition coefficient (Wildman–Crippen LogP) is 2.13. The Morgan fingerprint density at radius 1 is 0.917 bits per heavy atom. The number of hydrogen-bond acceptors (Lipinski definition) is 3. The maximum absolute atomic E-state index is 11.6. The molecule has 2 rings (SSSR count). The molecule has 0 spiro atoms. The maximum atomic E-state index is 11.6. The fourth-order valence-corrected chi connectivity index (χ4v) is 2.79. The van der Waals surface area contributed by atoms with Gasteiger partial charge in [0.25, 0.3) is 0 Å². The van der Waals surface area contributed by atoms with E-state index in [1.807, 2.05) is 36.4 Å². The molecule has 4 N–H and O–H groups in total. The molecule has 5 heteroatoms. The maximum Gasteiger partial charge on any atom is 0.317 e. The third-order valence-electron chi connectivity index (χ3n) is 3.99. The van der Waals surface area contributed by atoms with E-state index in [1.165, 1.54) is 0 Å². The van der Waals surface area contributed by atoms with Crippen LogP contribution in [0.2, 0.25) is 0 Å². The van der Waals surface area contributed by atoms with Gasteiger partial charge in [-0.05, 0) is 24.0 Å². The SMILES string of the molecule is NC(=O)C(CCC(c1ccccc1)c1ccccc1)NCC(=O)O. The molecule has 0 fully saturated rings. The lowest BCUT2D eigenvalue weighted by molar-refractivity contribution is -0.136. The summed E-state index contributed by atoms with van der Waals surface area (Å²) in [6, 6.07) is 19.4. The largest absolute Gasteiger partial charge is 0.480 e. The van der Waals surface area contributed by atoms with Gasteiger partial charge in [-0.3, -0.25) is 14.9 Å². The van der Waals surface area contributed by atoms with Crippen molar-refractivity contribution in [2.75, 3.05) is 6.54 Å². The van der Waals surface area contributed by atoms with Gasteiger partial charge >= 0.3 is 5.97 Å². The second-order valence-electron chi connectivity index (χ2n) is 5.68. The highest BCUT2D eigenvalue weighted by atomic mass is 16.4. The van der Waals surface area contributed by atoms with Gasteiger partial charge in [0.05, 0.1) is 12.6 Å². The quantitative estimate of drug-likeness (QED) is 0.658. The van der Waals surface area contributed by atoms with Gasteiger partial charge in [-0.15, -0.1) is 0 Å². The van der Waals surface area contributed by atoms with Crippen LogP contribution in [0.1, 0.15) is 29.9 Å². The number of carboxylic acid groups (broad SMARTS) is 1. The van der Waals surface area contributed by atoms with Gasteiger partial charge in [0.1, 0.15) is 0 Å². The molecule has 1 atom stereocenters. The second-order valence-corrected chi connectivity index (χ2v) is 5.68. The van der Waals surface area contributed by atoms with Crippen LogP contribution in [-0.4, -0.2) is 29.6 Å². The Hall–Kier alpha value is -2.66. The van der Waals surface area contributed by atoms with Crippen LogP contribution in [0.5, 0.6) is 0 Å². The zero-order valence-corrected chi connectivity index (χ0v) is 13.4. The summed E-state index contributed by atoms with van der Waals surface area (Å²) in [5.41, 5.74) is 7.71. The van der Waals surface area contributed by atoms with Crippen molar-refractivity contribution in [1.82, 2.24) is 5.32 Å². The molecule has 0 saturated carbocycles. The van der Waals surface area contributed by atoms with E-state index >= 15 is 0 Å². The molecule has 0 radical (unpaired) electrons. The number of benzene rings is 2. The number of hydrogen-bond donors (Lipinski definition) is 3. The first-order chi connectivity index (χ1) is 11.6. The lowest BCUT2D eigenvalue weighted by Gasteiger charge is -2.21. The molecular weight excluding hydrogens is 304 g/mol. The van der Waals surface area contributed by atoms with Crippen LogP contribution in [0.4, 0.5) is 0 Å². The smallest absolute Gasteiger partial charge is 0.317 e. The summed E-state index contributed by atoms with van der Waals surface area (Å²) in [5.74, 6) is -1.42. The van der Waals surface area contributed by atoms with Crippen LogP contribution >= 0.6 is 0 Å². The third-order valence-corrected chi connectivity index (χ3v) is 3.99. The minimum absolute atomic E-state index is 0.126. The lowest BCUT2D eigenvalue weighted by Crippen LogP contribution is -2.43. The van der Waals surface area contributed by atoms with Crippen LogP contribution in [0.3, 0.4) is 0 Å². The summed E-state index contributed by atoms with van der Waals surface area (Å²) in [6.07, 6.45) is 1.16. The summed E-state index contributed by atoms with van der Waals surface area (Å²) in [5, 5.41) is 11.5. The van der Waals surface area contributed by atoms with Gasteiger partial charge < -0.3 is 10.8 Å². The monoisotopic (exact) mass is 326 g/mol. The number of aliphatic carboxylic acids is 1. The minimum atomic E-state index is -1.01. The summed E-state index contributed by atoms with van der Waals surface area (Å²) in [7, 11) is 0. The van der Waals surface area contributed by atoms with Gasteiger partial charge in [-0.1, -0.05) is 60.7 Å². The highest BCUT2D eigenvalue weighted by molar-refractivity contribution is 5.80. The molecule has 1 amide bonds. The van der Waals surface area contributed by atoms with Crippen molar-refractivity contribution in [1.29, 1.82) is 0 Å². The van der Waals surface area contributed by atoms with Gasteiger partial charge in [0, 0.05) is 5.92 Å². The Morgan fingerprint density at radius 3 is 1.83 bits per heavy atom. The Labute approximate surface area is 141 Å². The number of rotatable bonds is 9. The first-order valence-corrected chi connectivity index (χ1v) is 7.92. The number of nitrogens with one attached hydrogen (secondary N) is 1. The molecule has 2 aromatic rings. The van der Waals surface area contributed by atoms with Crippen molar-refractivity contribution < 1.29 is 14.7 Å². The number of carbonyl (C=O) groups excluding carboxylic acids is 1. The Morgan fingerprint density at radius 2 is 1.42 bits per heavy atom. The Bertz CT molecular complexity index is 619. The average molecular weight is 326 g/mol. The molecule has 1 unspecified atom stereocenters. The molecule has 126 valence electrons. The molecule has 0 heterocycles. The normalized spacial score (nSPS) is 12.0. The minimum Gasteiger partial charge on any atom is -0.480 e. The van der Waals surface area contributed by atoms with E-state index < -0.39 is 17.9 Å².